The van der Waals surface area contributed by atoms with Gasteiger partial charge in [-0.25, -0.2) is 10.1 Å². The first-order valence-electron chi connectivity index (χ1n) is 5.86. The normalized spacial score (nSPS) is 10.7. The van der Waals surface area contributed by atoms with Gasteiger partial charge in [-0.1, -0.05) is 0 Å². The smallest absolute Gasteiger partial charge is 0.276 e. The van der Waals surface area contributed by atoms with Gasteiger partial charge in [0, 0.05) is 18.7 Å². The third-order valence-electron chi connectivity index (χ3n) is 2.66. The summed E-state index contributed by atoms with van der Waals surface area (Å²) in [7, 11) is 0. The van der Waals surface area contributed by atoms with Crippen molar-refractivity contribution in [2.24, 2.45) is 0 Å². The third-order valence-corrected chi connectivity index (χ3v) is 2.66. The van der Waals surface area contributed by atoms with Crippen molar-refractivity contribution < 1.29 is 9.21 Å². The molecule has 7 heteroatoms. The lowest BCUT2D eigenvalue weighted by atomic mass is 10.2. The number of aromatic nitrogens is 3. The quantitative estimate of drug-likeness (QED) is 0.734. The molecule has 3 aromatic rings. The molecule has 0 saturated carbocycles. The molecule has 0 radical (unpaired) electrons. The van der Waals surface area contributed by atoms with Crippen LogP contribution in [0.2, 0.25) is 0 Å². The molecule has 100 valence electrons. The second-order valence-corrected chi connectivity index (χ2v) is 4.18. The first-order chi connectivity index (χ1) is 9.61. The number of carbonyl (C=O) groups is 1. The molecule has 2 heterocycles. The largest absolute Gasteiger partial charge is 0.441 e. The molecule has 1 amide bonds. The Hall–Kier alpha value is -2.96. The van der Waals surface area contributed by atoms with Crippen molar-refractivity contribution in [2.45, 2.75) is 6.92 Å². The fraction of sp³-hybridized carbons (Fsp3) is 0.0769. The third kappa shape index (κ3) is 2.28. The molecule has 2 aromatic heterocycles. The summed E-state index contributed by atoms with van der Waals surface area (Å²) in [5.74, 6) is 0.145. The zero-order valence-electron chi connectivity index (χ0n) is 10.5. The minimum absolute atomic E-state index is 0.126. The number of hydrogen-bond donors (Lipinski definition) is 2. The van der Waals surface area contributed by atoms with Gasteiger partial charge in [0.15, 0.2) is 11.5 Å². The summed E-state index contributed by atoms with van der Waals surface area (Å²) in [4.78, 5) is 27.0. The average molecular weight is 270 g/mol. The highest BCUT2D eigenvalue weighted by Crippen LogP contribution is 2.19. The number of aromatic amines is 1. The van der Waals surface area contributed by atoms with E-state index in [0.29, 0.717) is 22.7 Å². The van der Waals surface area contributed by atoms with Crippen LogP contribution in [0.15, 0.2) is 39.5 Å². The number of amides is 1. The van der Waals surface area contributed by atoms with Gasteiger partial charge < -0.3 is 9.73 Å². The van der Waals surface area contributed by atoms with E-state index in [2.05, 4.69) is 20.5 Å². The van der Waals surface area contributed by atoms with E-state index < -0.39 is 5.91 Å². The van der Waals surface area contributed by atoms with E-state index in [9.17, 15) is 9.59 Å². The number of aryl methyl sites for hydroxylation is 1. The number of fused-ring (bicyclic) bond motifs is 1. The Kier molecular flexibility index (Phi) is 2.79. The van der Waals surface area contributed by atoms with Gasteiger partial charge in [-0.3, -0.25) is 9.59 Å². The van der Waals surface area contributed by atoms with E-state index in [-0.39, 0.29) is 11.3 Å². The maximum absolute atomic E-state index is 11.9. The van der Waals surface area contributed by atoms with Crippen LogP contribution in [-0.4, -0.2) is 21.1 Å². The van der Waals surface area contributed by atoms with Crippen molar-refractivity contribution in [3.8, 4) is 0 Å². The minimum atomic E-state index is -0.416. The number of nitrogens with zero attached hydrogens (tertiary/aromatic N) is 2. The Morgan fingerprint density at radius 2 is 2.15 bits per heavy atom. The first-order valence-corrected chi connectivity index (χ1v) is 5.86. The van der Waals surface area contributed by atoms with Gasteiger partial charge in [-0.2, -0.15) is 5.10 Å². The highest BCUT2D eigenvalue weighted by molar-refractivity contribution is 6.03. The SMILES string of the molecule is Cc1nc2cc(NC(=O)c3ccc(=O)[nH]n3)ccc2o1. The predicted molar refractivity (Wildman–Crippen MR) is 71.6 cm³/mol. The zero-order chi connectivity index (χ0) is 14.1. The van der Waals surface area contributed by atoms with Crippen molar-refractivity contribution in [3.05, 3.63) is 52.3 Å². The number of oxazole rings is 1. The van der Waals surface area contributed by atoms with Crippen LogP contribution in [0.5, 0.6) is 0 Å². The summed E-state index contributed by atoms with van der Waals surface area (Å²) in [6.45, 7) is 1.75. The molecule has 0 aliphatic carbocycles. The van der Waals surface area contributed by atoms with Crippen LogP contribution in [0.4, 0.5) is 5.69 Å². The van der Waals surface area contributed by atoms with Gasteiger partial charge in [-0.05, 0) is 24.3 Å². The molecule has 0 bridgehead atoms. The van der Waals surface area contributed by atoms with Crippen LogP contribution in [0.1, 0.15) is 16.4 Å². The summed E-state index contributed by atoms with van der Waals surface area (Å²) in [6.07, 6.45) is 0. The highest BCUT2D eigenvalue weighted by atomic mass is 16.3. The number of carbonyl (C=O) groups excluding carboxylic acids is 1. The molecule has 20 heavy (non-hydrogen) atoms. The van der Waals surface area contributed by atoms with Crippen LogP contribution >= 0.6 is 0 Å². The predicted octanol–water partition coefficient (Wildman–Crippen LogP) is 1.47. The maximum atomic E-state index is 11.9. The molecule has 0 spiro atoms. The monoisotopic (exact) mass is 270 g/mol. The second-order valence-electron chi connectivity index (χ2n) is 4.18. The molecule has 0 aliphatic heterocycles. The standard InChI is InChI=1S/C13H10N4O3/c1-7-14-10-6-8(2-4-11(10)20-7)15-13(19)9-3-5-12(18)17-16-9/h2-6H,1H3,(H,15,19)(H,17,18). The average Bonchev–Trinajstić information content (AvgIpc) is 2.78. The van der Waals surface area contributed by atoms with Crippen LogP contribution in [0.25, 0.3) is 11.1 Å². The fourth-order valence-electron chi connectivity index (χ4n) is 1.79. The zero-order valence-corrected chi connectivity index (χ0v) is 10.5. The lowest BCUT2D eigenvalue weighted by Gasteiger charge is -2.03. The van der Waals surface area contributed by atoms with Crippen molar-refractivity contribution in [2.75, 3.05) is 5.32 Å². The molecule has 0 aliphatic rings. The maximum Gasteiger partial charge on any atom is 0.276 e. The van der Waals surface area contributed by atoms with E-state index in [1.807, 2.05) is 0 Å². The van der Waals surface area contributed by atoms with Crippen LogP contribution in [-0.2, 0) is 0 Å². The number of anilines is 1. The summed E-state index contributed by atoms with van der Waals surface area (Å²) in [6, 6.07) is 7.73. The molecule has 0 saturated heterocycles. The minimum Gasteiger partial charge on any atom is -0.441 e. The summed E-state index contributed by atoms with van der Waals surface area (Å²) < 4.78 is 5.35. The molecule has 1 aromatic carbocycles. The Balaban J connectivity index is 1.86. The topological polar surface area (TPSA) is 101 Å². The number of rotatable bonds is 2. The molecular formula is C13H10N4O3. The van der Waals surface area contributed by atoms with E-state index in [1.165, 1.54) is 12.1 Å². The Labute approximate surface area is 112 Å². The van der Waals surface area contributed by atoms with E-state index in [4.69, 9.17) is 4.42 Å². The first kappa shape index (κ1) is 12.1. The van der Waals surface area contributed by atoms with Crippen molar-refractivity contribution >= 4 is 22.7 Å². The lowest BCUT2D eigenvalue weighted by molar-refractivity contribution is 0.102. The van der Waals surface area contributed by atoms with Gasteiger partial charge in [0.05, 0.1) is 0 Å². The molecule has 0 unspecified atom stereocenters. The van der Waals surface area contributed by atoms with Gasteiger partial charge in [0.1, 0.15) is 11.2 Å². The lowest BCUT2D eigenvalue weighted by Crippen LogP contribution is -2.17. The molecular weight excluding hydrogens is 260 g/mol. The van der Waals surface area contributed by atoms with Crippen LogP contribution < -0.4 is 10.9 Å². The van der Waals surface area contributed by atoms with Gasteiger partial charge >= 0.3 is 0 Å². The van der Waals surface area contributed by atoms with E-state index in [0.717, 1.165) is 0 Å². The van der Waals surface area contributed by atoms with Gasteiger partial charge in [-0.15, -0.1) is 0 Å². The Morgan fingerprint density at radius 3 is 2.90 bits per heavy atom. The van der Waals surface area contributed by atoms with Crippen molar-refractivity contribution in [1.82, 2.24) is 15.2 Å². The number of benzene rings is 1. The van der Waals surface area contributed by atoms with Crippen LogP contribution in [0.3, 0.4) is 0 Å². The van der Waals surface area contributed by atoms with Crippen molar-refractivity contribution in [1.29, 1.82) is 0 Å². The van der Waals surface area contributed by atoms with E-state index >= 15 is 0 Å². The Morgan fingerprint density at radius 1 is 1.30 bits per heavy atom. The highest BCUT2D eigenvalue weighted by Gasteiger charge is 2.09. The second kappa shape index (κ2) is 4.61. The summed E-state index contributed by atoms with van der Waals surface area (Å²) >= 11 is 0. The number of H-pyrrole nitrogens is 1. The van der Waals surface area contributed by atoms with Gasteiger partial charge in [0.2, 0.25) is 0 Å². The summed E-state index contributed by atoms with van der Waals surface area (Å²) in [5.41, 5.74) is 1.66. The van der Waals surface area contributed by atoms with Crippen molar-refractivity contribution in [3.63, 3.8) is 0 Å². The molecule has 0 fully saturated rings. The number of hydrogen-bond acceptors (Lipinski definition) is 5. The van der Waals surface area contributed by atoms with Gasteiger partial charge in [0.25, 0.3) is 11.5 Å². The molecule has 7 nitrogen and oxygen atoms in total. The summed E-state index contributed by atoms with van der Waals surface area (Å²) in [5, 5.41) is 8.54. The molecule has 3 rings (SSSR count). The van der Waals surface area contributed by atoms with Crippen LogP contribution in [0, 0.1) is 6.92 Å². The van der Waals surface area contributed by atoms with E-state index in [1.54, 1.807) is 25.1 Å². The molecule has 0 atom stereocenters. The Bertz CT molecular complexity index is 830. The number of nitrogens with one attached hydrogen (secondary N) is 2. The fourth-order valence-corrected chi connectivity index (χ4v) is 1.79. The molecule has 2 N–H and O–H groups in total.